The van der Waals surface area contributed by atoms with Gasteiger partial charge in [-0.15, -0.1) is 4.28 Å². The first-order chi connectivity index (χ1) is 17.4. The van der Waals surface area contributed by atoms with Crippen molar-refractivity contribution in [1.82, 2.24) is 10.1 Å². The molecule has 3 aromatic rings. The Morgan fingerprint density at radius 1 is 1.16 bits per heavy atom. The number of carbonyl (C=O) groups excluding carboxylic acids is 1. The molecular formula is C26H31ClN4O5S. The van der Waals surface area contributed by atoms with Gasteiger partial charge in [0.25, 0.3) is 16.0 Å². The van der Waals surface area contributed by atoms with Crippen molar-refractivity contribution in [3.8, 4) is 0 Å². The number of aromatic nitrogens is 1. The molecule has 0 saturated carbocycles. The summed E-state index contributed by atoms with van der Waals surface area (Å²) < 4.78 is 34.3. The minimum atomic E-state index is -3.89. The van der Waals surface area contributed by atoms with Crippen LogP contribution in [0.1, 0.15) is 37.0 Å². The maximum atomic E-state index is 12.8. The summed E-state index contributed by atoms with van der Waals surface area (Å²) in [6, 6.07) is 9.90. The largest absolute Gasteiger partial charge is 0.354 e. The molecule has 0 atom stereocenters. The van der Waals surface area contributed by atoms with E-state index in [1.807, 2.05) is 44.2 Å². The van der Waals surface area contributed by atoms with Crippen LogP contribution < -0.4 is 9.96 Å². The summed E-state index contributed by atoms with van der Waals surface area (Å²) in [4.78, 5) is 17.4. The van der Waals surface area contributed by atoms with Crippen molar-refractivity contribution in [2.24, 2.45) is 0 Å². The van der Waals surface area contributed by atoms with Crippen LogP contribution >= 0.6 is 11.6 Å². The van der Waals surface area contributed by atoms with Gasteiger partial charge >= 0.3 is 0 Å². The fourth-order valence-electron chi connectivity index (χ4n) is 5.26. The first kappa shape index (κ1) is 26.0. The predicted octanol–water partition coefficient (Wildman–Crippen LogP) is 4.06. The van der Waals surface area contributed by atoms with Crippen molar-refractivity contribution >= 4 is 50.1 Å². The Kier molecular flexibility index (Phi) is 6.72. The van der Waals surface area contributed by atoms with Crippen molar-refractivity contribution in [2.45, 2.75) is 39.0 Å². The molecule has 1 saturated heterocycles. The highest BCUT2D eigenvalue weighted by atomic mass is 35.5. The lowest BCUT2D eigenvalue weighted by atomic mass is 9.76. The van der Waals surface area contributed by atoms with E-state index in [0.717, 1.165) is 78.4 Å². The Morgan fingerprint density at radius 3 is 2.57 bits per heavy atom. The number of amides is 1. The van der Waals surface area contributed by atoms with Crippen molar-refractivity contribution in [3.63, 3.8) is 0 Å². The number of halogens is 1. The van der Waals surface area contributed by atoms with E-state index < -0.39 is 21.4 Å². The summed E-state index contributed by atoms with van der Waals surface area (Å²) >= 11 is 6.78. The van der Waals surface area contributed by atoms with Crippen molar-refractivity contribution in [1.29, 1.82) is 0 Å². The van der Waals surface area contributed by atoms with Crippen LogP contribution in [0.5, 0.6) is 0 Å². The molecule has 3 heterocycles. The maximum Gasteiger partial charge on any atom is 0.285 e. The Morgan fingerprint density at radius 2 is 1.86 bits per heavy atom. The average molecular weight is 547 g/mol. The second kappa shape index (κ2) is 9.58. The number of carbonyl (C=O) groups is 1. The van der Waals surface area contributed by atoms with Gasteiger partial charge in [0.1, 0.15) is 0 Å². The number of hydrogen-bond donors (Lipinski definition) is 0. The Labute approximate surface area is 222 Å². The zero-order valence-electron chi connectivity index (χ0n) is 21.5. The molecule has 37 heavy (non-hydrogen) atoms. The molecule has 0 unspecified atom stereocenters. The van der Waals surface area contributed by atoms with Gasteiger partial charge in [0, 0.05) is 49.6 Å². The second-order valence-corrected chi connectivity index (χ2v) is 12.4. The number of para-hydroxylation sites is 1. The lowest BCUT2D eigenvalue weighted by Crippen LogP contribution is -2.47. The van der Waals surface area contributed by atoms with Gasteiger partial charge in [-0.2, -0.15) is 13.5 Å². The fraction of sp³-hybridized carbons (Fsp3) is 0.462. The zero-order valence-corrected chi connectivity index (χ0v) is 23.0. The van der Waals surface area contributed by atoms with E-state index in [0.29, 0.717) is 16.3 Å². The number of rotatable bonds is 6. The third-order valence-electron chi connectivity index (χ3n) is 7.23. The Bertz CT molecular complexity index is 1460. The lowest BCUT2D eigenvalue weighted by molar-refractivity contribution is -0.124. The van der Waals surface area contributed by atoms with Crippen LogP contribution in [0.3, 0.4) is 0 Å². The van der Waals surface area contributed by atoms with E-state index in [2.05, 4.69) is 15.0 Å². The second-order valence-electron chi connectivity index (χ2n) is 10.5. The SMILES string of the molecule is Cc1c(Cl)c(CCN2CCN(c3noc4ccccc34)CC2)cc2c1N(OS(C)(=O)=O)C(=O)CC2(C)C. The number of hydroxylamine groups is 1. The molecule has 0 spiro atoms. The molecule has 1 aromatic heterocycles. The molecule has 1 fully saturated rings. The number of benzene rings is 2. The Balaban J connectivity index is 1.32. The van der Waals surface area contributed by atoms with Gasteiger partial charge < -0.3 is 9.42 Å². The quantitative estimate of drug-likeness (QED) is 0.457. The number of fused-ring (bicyclic) bond motifs is 2. The first-order valence-electron chi connectivity index (χ1n) is 12.3. The summed E-state index contributed by atoms with van der Waals surface area (Å²) in [5, 5.41) is 6.74. The van der Waals surface area contributed by atoms with Crippen molar-refractivity contribution in [3.05, 3.63) is 52.0 Å². The summed E-state index contributed by atoms with van der Waals surface area (Å²) in [6.07, 6.45) is 1.79. The zero-order chi connectivity index (χ0) is 26.5. The highest BCUT2D eigenvalue weighted by Crippen LogP contribution is 2.46. The van der Waals surface area contributed by atoms with Gasteiger partial charge in [0.05, 0.1) is 17.3 Å². The molecular weight excluding hydrogens is 516 g/mol. The monoisotopic (exact) mass is 546 g/mol. The van der Waals surface area contributed by atoms with Crippen LogP contribution in [0.25, 0.3) is 11.0 Å². The summed E-state index contributed by atoms with van der Waals surface area (Å²) in [7, 11) is -3.89. The molecule has 0 N–H and O–H groups in total. The molecule has 1 amide bonds. The number of piperazine rings is 1. The van der Waals surface area contributed by atoms with Gasteiger partial charge in [-0.25, -0.2) is 0 Å². The summed E-state index contributed by atoms with van der Waals surface area (Å²) in [5.74, 6) is 0.480. The molecule has 2 aromatic carbocycles. The molecule has 0 radical (unpaired) electrons. The Hall–Kier alpha value is -2.66. The van der Waals surface area contributed by atoms with Crippen molar-refractivity contribution < 1.29 is 22.0 Å². The first-order valence-corrected chi connectivity index (χ1v) is 14.5. The number of nitrogens with zero attached hydrogens (tertiary/aromatic N) is 4. The lowest BCUT2D eigenvalue weighted by Gasteiger charge is -2.39. The fourth-order valence-corrected chi connectivity index (χ4v) is 5.93. The van der Waals surface area contributed by atoms with Crippen LogP contribution in [0.2, 0.25) is 5.02 Å². The topological polar surface area (TPSA) is 96.2 Å². The van der Waals surface area contributed by atoms with E-state index in [9.17, 15) is 13.2 Å². The van der Waals surface area contributed by atoms with Crippen molar-refractivity contribution in [2.75, 3.05) is 48.9 Å². The minimum absolute atomic E-state index is 0.134. The molecule has 9 nitrogen and oxygen atoms in total. The van der Waals surface area contributed by atoms with Crippen LogP contribution in [-0.2, 0) is 31.0 Å². The van der Waals surface area contributed by atoms with Gasteiger partial charge in [-0.3, -0.25) is 9.69 Å². The molecule has 5 rings (SSSR count). The van der Waals surface area contributed by atoms with E-state index in [1.165, 1.54) is 0 Å². The smallest absolute Gasteiger partial charge is 0.285 e. The standard InChI is InChI=1S/C26H31ClN4O5S/c1-17-23(27)18(15-20-24(17)31(36-37(4,33)34)22(32)16-26(20,2)3)9-10-29-11-13-30(14-12-29)25-19-7-5-6-8-21(19)35-28-25/h5-8,15H,9-14,16H2,1-4H3. The minimum Gasteiger partial charge on any atom is -0.354 e. The van der Waals surface area contributed by atoms with Gasteiger partial charge in [-0.1, -0.05) is 48.8 Å². The van der Waals surface area contributed by atoms with E-state index in [-0.39, 0.29) is 6.42 Å². The number of anilines is 2. The van der Waals surface area contributed by atoms with E-state index >= 15 is 0 Å². The molecule has 11 heteroatoms. The predicted molar refractivity (Wildman–Crippen MR) is 144 cm³/mol. The van der Waals surface area contributed by atoms with Gasteiger partial charge in [0.15, 0.2) is 11.4 Å². The van der Waals surface area contributed by atoms with Gasteiger partial charge in [-0.05, 0) is 42.2 Å². The van der Waals surface area contributed by atoms with Crippen LogP contribution in [0, 0.1) is 6.92 Å². The molecule has 0 bridgehead atoms. The number of hydrogen-bond acceptors (Lipinski definition) is 8. The van der Waals surface area contributed by atoms with E-state index in [1.54, 1.807) is 6.92 Å². The maximum absolute atomic E-state index is 12.8. The third-order valence-corrected chi connectivity index (χ3v) is 8.18. The molecule has 0 aliphatic carbocycles. The highest BCUT2D eigenvalue weighted by Gasteiger charge is 2.41. The van der Waals surface area contributed by atoms with Gasteiger partial charge in [0.2, 0.25) is 0 Å². The summed E-state index contributed by atoms with van der Waals surface area (Å²) in [5.41, 5.74) is 3.21. The average Bonchev–Trinajstić information content (AvgIpc) is 3.26. The molecule has 2 aliphatic rings. The van der Waals surface area contributed by atoms with Crippen LogP contribution in [0.15, 0.2) is 34.9 Å². The van der Waals surface area contributed by atoms with E-state index in [4.69, 9.17) is 20.4 Å². The highest BCUT2D eigenvalue weighted by molar-refractivity contribution is 7.86. The normalized spacial score (nSPS) is 18.5. The van der Waals surface area contributed by atoms with Crippen LogP contribution in [-0.4, -0.2) is 63.4 Å². The molecule has 198 valence electrons. The summed E-state index contributed by atoms with van der Waals surface area (Å²) in [6.45, 7) is 10.1. The van der Waals surface area contributed by atoms with Crippen LogP contribution in [0.4, 0.5) is 11.5 Å². The molecule has 2 aliphatic heterocycles. The third kappa shape index (κ3) is 5.07.